The Balaban J connectivity index is 1.61. The van der Waals surface area contributed by atoms with Crippen molar-refractivity contribution in [3.05, 3.63) is 11.1 Å². The molecule has 0 saturated heterocycles. The molecule has 2 N–H and O–H groups in total. The van der Waals surface area contributed by atoms with Gasteiger partial charge in [0.05, 0.1) is 11.5 Å². The quantitative estimate of drug-likeness (QED) is 0.435. The maximum absolute atomic E-state index is 13.9. The van der Waals surface area contributed by atoms with Gasteiger partial charge in [0.25, 0.3) is 0 Å². The third-order valence-electron chi connectivity index (χ3n) is 13.3. The van der Waals surface area contributed by atoms with Gasteiger partial charge in [-0.05, 0) is 122 Å². The first-order chi connectivity index (χ1) is 17.1. The van der Waals surface area contributed by atoms with Crippen molar-refractivity contribution in [2.45, 2.75) is 132 Å². The van der Waals surface area contributed by atoms with E-state index in [0.717, 1.165) is 37.7 Å². The zero-order valence-electron chi connectivity index (χ0n) is 25.1. The zero-order chi connectivity index (χ0) is 27.3. The van der Waals surface area contributed by atoms with Crippen molar-refractivity contribution in [1.29, 1.82) is 0 Å². The van der Waals surface area contributed by atoms with Gasteiger partial charge in [0, 0.05) is 12.5 Å². The molecule has 4 saturated carbocycles. The van der Waals surface area contributed by atoms with Gasteiger partial charge in [0.15, 0.2) is 5.78 Å². The van der Waals surface area contributed by atoms with Crippen LogP contribution in [0.3, 0.4) is 0 Å². The van der Waals surface area contributed by atoms with E-state index in [1.54, 1.807) is 0 Å². The van der Waals surface area contributed by atoms with E-state index in [1.165, 1.54) is 24.8 Å². The lowest BCUT2D eigenvalue weighted by molar-refractivity contribution is -0.228. The number of hydrogen-bond donors (Lipinski definition) is 2. The number of aliphatic hydroxyl groups is 1. The molecule has 37 heavy (non-hydrogen) atoms. The highest BCUT2D eigenvalue weighted by atomic mass is 16.3. The molecule has 0 aromatic heterocycles. The van der Waals surface area contributed by atoms with Gasteiger partial charge in [0.1, 0.15) is 0 Å². The molecule has 0 bridgehead atoms. The molecule has 8 atom stereocenters. The lowest BCUT2D eigenvalue weighted by Gasteiger charge is -2.72. The summed E-state index contributed by atoms with van der Waals surface area (Å²) in [6.07, 6.45) is 8.60. The molecule has 0 unspecified atom stereocenters. The Morgan fingerprint density at radius 1 is 0.865 bits per heavy atom. The van der Waals surface area contributed by atoms with Crippen LogP contribution in [-0.2, 0) is 9.59 Å². The number of allylic oxidation sites excluding steroid dienone is 1. The third-order valence-corrected chi connectivity index (χ3v) is 13.3. The summed E-state index contributed by atoms with van der Waals surface area (Å²) in [6, 6.07) is 0.0723. The van der Waals surface area contributed by atoms with Crippen LogP contribution in [0, 0.1) is 50.7 Å². The molecule has 0 aromatic carbocycles. The number of carbonyl (C=O) groups excluding carboxylic acids is 2. The number of Topliss-reactive ketones (excluding diaryl/α,β-unsaturated/α-hetero) is 1. The van der Waals surface area contributed by atoms with Gasteiger partial charge < -0.3 is 10.4 Å². The summed E-state index contributed by atoms with van der Waals surface area (Å²) in [6.45, 7) is 20.6. The van der Waals surface area contributed by atoms with E-state index in [9.17, 15) is 14.7 Å². The van der Waals surface area contributed by atoms with Crippen LogP contribution in [0.25, 0.3) is 0 Å². The highest BCUT2D eigenvalue weighted by Crippen LogP contribution is 2.76. The number of nitrogens with one attached hydrogen (secondary N) is 1. The number of rotatable bonds is 3. The van der Waals surface area contributed by atoms with Crippen molar-refractivity contribution >= 4 is 11.7 Å². The van der Waals surface area contributed by atoms with Crippen LogP contribution in [0.5, 0.6) is 0 Å². The van der Waals surface area contributed by atoms with E-state index in [0.29, 0.717) is 24.2 Å². The summed E-state index contributed by atoms with van der Waals surface area (Å²) in [5.41, 5.74) is 2.01. The summed E-state index contributed by atoms with van der Waals surface area (Å²) in [7, 11) is 0. The van der Waals surface area contributed by atoms with Crippen LogP contribution in [0.1, 0.15) is 120 Å². The molecule has 5 aliphatic rings. The van der Waals surface area contributed by atoms with Gasteiger partial charge in [-0.1, -0.05) is 48.5 Å². The fourth-order valence-corrected chi connectivity index (χ4v) is 11.3. The number of fused-ring (bicyclic) bond motifs is 7. The maximum Gasteiger partial charge on any atom is 0.231 e. The average molecular weight is 512 g/mol. The van der Waals surface area contributed by atoms with Gasteiger partial charge in [-0.25, -0.2) is 0 Å². The molecule has 4 nitrogen and oxygen atoms in total. The van der Waals surface area contributed by atoms with Crippen LogP contribution in [-0.4, -0.2) is 28.9 Å². The molecule has 0 aliphatic heterocycles. The summed E-state index contributed by atoms with van der Waals surface area (Å²) < 4.78 is 0. The van der Waals surface area contributed by atoms with Gasteiger partial charge in [0.2, 0.25) is 5.91 Å². The minimum Gasteiger partial charge on any atom is -0.393 e. The standard InChI is InChI=1S/C33H53NO3/c1-19(2)26-22(35)18-33(28(37)34-20(3)4)17-16-31(8)21(27(26)33)10-11-24-30(7)14-13-25(36)29(5,6)23(30)12-15-32(24,31)9/h19-21,23-25,36H,10-18H2,1-9H3,(H,34,37)/t21-,23+,24-,25+,30+,31-,32-,33-/m1/s1. The number of ketones is 1. The molecule has 4 heteroatoms. The molecular formula is C33H53NO3. The molecule has 0 radical (unpaired) electrons. The monoisotopic (exact) mass is 511 g/mol. The van der Waals surface area contributed by atoms with E-state index in [4.69, 9.17) is 0 Å². The van der Waals surface area contributed by atoms with Crippen LogP contribution >= 0.6 is 0 Å². The largest absolute Gasteiger partial charge is 0.393 e. The maximum atomic E-state index is 13.9. The average Bonchev–Trinajstić information content (AvgIpc) is 3.10. The first-order valence-electron chi connectivity index (χ1n) is 15.3. The van der Waals surface area contributed by atoms with Crippen LogP contribution in [0.4, 0.5) is 0 Å². The Labute approximate surface area is 225 Å². The topological polar surface area (TPSA) is 66.4 Å². The minimum absolute atomic E-state index is 0.0477. The summed E-state index contributed by atoms with van der Waals surface area (Å²) in [5.74, 6) is 1.92. The molecule has 208 valence electrons. The zero-order valence-corrected chi connectivity index (χ0v) is 25.1. The SMILES string of the molecule is CC(C)NC(=O)[C@@]12CC[C@]3(C)[C@H](CC[C@@H]4[C@@]5(C)CC[C@H](O)C(C)(C)[C@@H]5CC[C@]43C)C1=C(C(C)C)C(=O)C2. The van der Waals surface area contributed by atoms with Crippen molar-refractivity contribution in [1.82, 2.24) is 5.32 Å². The second-order valence-electron chi connectivity index (χ2n) is 15.8. The predicted molar refractivity (Wildman–Crippen MR) is 149 cm³/mol. The van der Waals surface area contributed by atoms with Crippen LogP contribution < -0.4 is 5.32 Å². The Bertz CT molecular complexity index is 1020. The Hall–Kier alpha value is -1.16. The predicted octanol–water partition coefficient (Wildman–Crippen LogP) is 6.85. The van der Waals surface area contributed by atoms with E-state index < -0.39 is 5.41 Å². The first-order valence-corrected chi connectivity index (χ1v) is 15.3. The molecule has 1 amide bonds. The van der Waals surface area contributed by atoms with Crippen molar-refractivity contribution in [2.24, 2.45) is 50.7 Å². The fourth-order valence-electron chi connectivity index (χ4n) is 11.3. The van der Waals surface area contributed by atoms with Crippen LogP contribution in [0.2, 0.25) is 0 Å². The molecular weight excluding hydrogens is 458 g/mol. The van der Waals surface area contributed by atoms with Gasteiger partial charge in [-0.2, -0.15) is 0 Å². The third kappa shape index (κ3) is 3.42. The Morgan fingerprint density at radius 2 is 1.54 bits per heavy atom. The van der Waals surface area contributed by atoms with Crippen molar-refractivity contribution in [2.75, 3.05) is 0 Å². The number of amides is 1. The molecule has 5 rings (SSSR count). The molecule has 0 aromatic rings. The van der Waals surface area contributed by atoms with E-state index in [1.807, 2.05) is 13.8 Å². The van der Waals surface area contributed by atoms with Crippen molar-refractivity contribution in [3.8, 4) is 0 Å². The lowest BCUT2D eigenvalue weighted by atomic mass is 9.33. The van der Waals surface area contributed by atoms with Gasteiger partial charge in [-0.15, -0.1) is 0 Å². The molecule has 4 fully saturated rings. The number of hydrogen-bond acceptors (Lipinski definition) is 3. The first kappa shape index (κ1) is 27.4. The highest BCUT2D eigenvalue weighted by Gasteiger charge is 2.70. The van der Waals surface area contributed by atoms with Crippen molar-refractivity contribution in [3.63, 3.8) is 0 Å². The smallest absolute Gasteiger partial charge is 0.231 e. The minimum atomic E-state index is -0.646. The normalized spacial score (nSPS) is 46.9. The summed E-state index contributed by atoms with van der Waals surface area (Å²) in [5, 5.41) is 14.2. The van der Waals surface area contributed by atoms with Crippen molar-refractivity contribution < 1.29 is 14.7 Å². The lowest BCUT2D eigenvalue weighted by Crippen LogP contribution is -2.66. The second-order valence-corrected chi connectivity index (χ2v) is 15.8. The highest BCUT2D eigenvalue weighted by molar-refractivity contribution is 6.07. The fraction of sp³-hybridized carbons (Fsp3) is 0.879. The molecule has 5 aliphatic carbocycles. The van der Waals surface area contributed by atoms with E-state index >= 15 is 0 Å². The van der Waals surface area contributed by atoms with Gasteiger partial charge in [-0.3, -0.25) is 9.59 Å². The van der Waals surface area contributed by atoms with Gasteiger partial charge >= 0.3 is 0 Å². The summed E-state index contributed by atoms with van der Waals surface area (Å²) >= 11 is 0. The number of aliphatic hydroxyl groups excluding tert-OH is 1. The van der Waals surface area contributed by atoms with Crippen LogP contribution in [0.15, 0.2) is 11.1 Å². The Kier molecular flexibility index (Phi) is 6.24. The molecule has 0 heterocycles. The summed E-state index contributed by atoms with van der Waals surface area (Å²) in [4.78, 5) is 27.5. The molecule has 0 spiro atoms. The Morgan fingerprint density at radius 3 is 2.16 bits per heavy atom. The van der Waals surface area contributed by atoms with E-state index in [-0.39, 0.29) is 51.4 Å². The number of carbonyl (C=O) groups is 2. The second kappa shape index (κ2) is 8.42. The van der Waals surface area contributed by atoms with E-state index in [2.05, 4.69) is 53.8 Å².